The van der Waals surface area contributed by atoms with Crippen LogP contribution in [0.4, 0.5) is 5.69 Å². The Kier molecular flexibility index (Phi) is 9.79. The van der Waals surface area contributed by atoms with Crippen molar-refractivity contribution in [1.82, 2.24) is 10.2 Å². The number of amides is 2. The first-order chi connectivity index (χ1) is 17.7. The minimum atomic E-state index is -3.80. The lowest BCUT2D eigenvalue weighted by Crippen LogP contribution is -2.53. The number of nitrogens with one attached hydrogen (secondary N) is 1. The van der Waals surface area contributed by atoms with Crippen molar-refractivity contribution in [3.05, 3.63) is 54.1 Å². The summed E-state index contributed by atoms with van der Waals surface area (Å²) in [5.41, 5.74) is 1.11. The molecular weight excluding hydrogens is 494 g/mol. The zero-order chi connectivity index (χ0) is 27.0. The first kappa shape index (κ1) is 28.3. The summed E-state index contributed by atoms with van der Waals surface area (Å²) in [6, 6.07) is 13.1. The number of sulfonamides is 1. The topological polar surface area (TPSA) is 105 Å². The van der Waals surface area contributed by atoms with Gasteiger partial charge in [-0.1, -0.05) is 31.9 Å². The summed E-state index contributed by atoms with van der Waals surface area (Å²) in [5.74, 6) is 0.501. The maximum absolute atomic E-state index is 13.8. The fraction of sp³-hybridized carbons (Fsp3) is 0.481. The van der Waals surface area contributed by atoms with Crippen LogP contribution in [0.15, 0.2) is 48.5 Å². The van der Waals surface area contributed by atoms with Crippen molar-refractivity contribution in [1.29, 1.82) is 0 Å². The van der Waals surface area contributed by atoms with Crippen molar-refractivity contribution in [3.63, 3.8) is 0 Å². The standard InChI is InChI=1S/C27H37N3O6S/c1-5-25(27(32)28-21-10-6-7-11-21)29(18-20-9-8-12-24(17-20)36-3)26(31)19-30(37(4,33)34)22-13-15-23(35-2)16-14-22/h8-9,12-17,21,25H,5-7,10-11,18-19H2,1-4H3,(H,28,32)/t25-/m1/s1. The number of rotatable bonds is 12. The smallest absolute Gasteiger partial charge is 0.244 e. The lowest BCUT2D eigenvalue weighted by Gasteiger charge is -2.33. The molecule has 1 atom stereocenters. The number of benzene rings is 2. The van der Waals surface area contributed by atoms with E-state index in [4.69, 9.17) is 9.47 Å². The van der Waals surface area contributed by atoms with Gasteiger partial charge in [0.2, 0.25) is 21.8 Å². The van der Waals surface area contributed by atoms with Crippen molar-refractivity contribution < 1.29 is 27.5 Å². The van der Waals surface area contributed by atoms with E-state index in [9.17, 15) is 18.0 Å². The van der Waals surface area contributed by atoms with Crippen molar-refractivity contribution in [2.75, 3.05) is 31.3 Å². The van der Waals surface area contributed by atoms with Crippen LogP contribution in [-0.4, -0.2) is 64.2 Å². The molecule has 0 aliphatic heterocycles. The van der Waals surface area contributed by atoms with E-state index in [1.165, 1.54) is 12.0 Å². The summed E-state index contributed by atoms with van der Waals surface area (Å²) in [7, 11) is -0.718. The Morgan fingerprint density at radius 2 is 1.68 bits per heavy atom. The van der Waals surface area contributed by atoms with Crippen LogP contribution in [0.5, 0.6) is 11.5 Å². The quantitative estimate of drug-likeness (QED) is 0.451. The molecule has 202 valence electrons. The normalized spacial score (nSPS) is 14.6. The minimum Gasteiger partial charge on any atom is -0.497 e. The van der Waals surface area contributed by atoms with Gasteiger partial charge in [0.25, 0.3) is 0 Å². The highest BCUT2D eigenvalue weighted by atomic mass is 32.2. The van der Waals surface area contributed by atoms with Crippen LogP contribution in [0.1, 0.15) is 44.6 Å². The number of nitrogens with zero attached hydrogens (tertiary/aromatic N) is 2. The van der Waals surface area contributed by atoms with E-state index >= 15 is 0 Å². The molecule has 0 saturated heterocycles. The van der Waals surface area contributed by atoms with Gasteiger partial charge in [-0.25, -0.2) is 8.42 Å². The van der Waals surface area contributed by atoms with Crippen molar-refractivity contribution in [3.8, 4) is 11.5 Å². The highest BCUT2D eigenvalue weighted by molar-refractivity contribution is 7.92. The van der Waals surface area contributed by atoms with Gasteiger partial charge in [-0.2, -0.15) is 0 Å². The molecule has 2 aromatic rings. The van der Waals surface area contributed by atoms with Gasteiger partial charge in [-0.3, -0.25) is 13.9 Å². The monoisotopic (exact) mass is 531 g/mol. The highest BCUT2D eigenvalue weighted by Crippen LogP contribution is 2.24. The zero-order valence-electron chi connectivity index (χ0n) is 22.0. The van der Waals surface area contributed by atoms with Gasteiger partial charge in [0, 0.05) is 12.6 Å². The molecule has 1 N–H and O–H groups in total. The molecule has 1 saturated carbocycles. The summed E-state index contributed by atoms with van der Waals surface area (Å²) < 4.78 is 37.0. The van der Waals surface area contributed by atoms with Gasteiger partial charge >= 0.3 is 0 Å². The third-order valence-corrected chi connectivity index (χ3v) is 7.75. The minimum absolute atomic E-state index is 0.0992. The molecule has 2 amide bonds. The lowest BCUT2D eigenvalue weighted by atomic mass is 10.1. The predicted octanol–water partition coefficient (Wildman–Crippen LogP) is 3.34. The van der Waals surface area contributed by atoms with Crippen LogP contribution in [0.25, 0.3) is 0 Å². The third kappa shape index (κ3) is 7.61. The van der Waals surface area contributed by atoms with E-state index < -0.39 is 28.5 Å². The number of anilines is 1. The maximum atomic E-state index is 13.8. The predicted molar refractivity (Wildman–Crippen MR) is 143 cm³/mol. The Bertz CT molecular complexity index is 1160. The van der Waals surface area contributed by atoms with Crippen LogP contribution < -0.4 is 19.1 Å². The molecule has 10 heteroatoms. The molecule has 9 nitrogen and oxygen atoms in total. The third-order valence-electron chi connectivity index (χ3n) is 6.61. The van der Waals surface area contributed by atoms with Crippen molar-refractivity contribution >= 4 is 27.5 Å². The Hall–Kier alpha value is -3.27. The molecule has 0 heterocycles. The number of ether oxygens (including phenoxy) is 2. The van der Waals surface area contributed by atoms with Crippen LogP contribution >= 0.6 is 0 Å². The first-order valence-electron chi connectivity index (χ1n) is 12.5. The molecule has 1 aliphatic rings. The molecule has 0 spiro atoms. The van der Waals surface area contributed by atoms with Gasteiger partial charge in [0.05, 0.1) is 26.2 Å². The molecule has 0 unspecified atom stereocenters. The van der Waals surface area contributed by atoms with Gasteiger partial charge < -0.3 is 19.7 Å². The van der Waals surface area contributed by atoms with Gasteiger partial charge in [-0.05, 0) is 61.2 Å². The van der Waals surface area contributed by atoms with Crippen LogP contribution in [0.2, 0.25) is 0 Å². The molecule has 1 fully saturated rings. The highest BCUT2D eigenvalue weighted by Gasteiger charge is 2.33. The summed E-state index contributed by atoms with van der Waals surface area (Å²) >= 11 is 0. The Morgan fingerprint density at radius 3 is 2.24 bits per heavy atom. The van der Waals surface area contributed by atoms with Crippen molar-refractivity contribution in [2.45, 2.75) is 57.7 Å². The van der Waals surface area contributed by atoms with Gasteiger partial charge in [0.1, 0.15) is 24.1 Å². The van der Waals surface area contributed by atoms with Gasteiger partial charge in [0.15, 0.2) is 0 Å². The maximum Gasteiger partial charge on any atom is 0.244 e. The second-order valence-electron chi connectivity index (χ2n) is 9.25. The molecule has 0 aromatic heterocycles. The Labute approximate surface area is 219 Å². The number of carbonyl (C=O) groups excluding carboxylic acids is 2. The first-order valence-corrected chi connectivity index (χ1v) is 14.4. The number of methoxy groups -OCH3 is 2. The van der Waals surface area contributed by atoms with E-state index in [1.54, 1.807) is 43.5 Å². The van der Waals surface area contributed by atoms with E-state index in [0.717, 1.165) is 41.8 Å². The fourth-order valence-electron chi connectivity index (χ4n) is 4.62. The molecule has 0 radical (unpaired) electrons. The summed E-state index contributed by atoms with van der Waals surface area (Å²) in [6.45, 7) is 1.54. The fourth-order valence-corrected chi connectivity index (χ4v) is 5.47. The van der Waals surface area contributed by atoms with Crippen LogP contribution in [0, 0.1) is 0 Å². The second kappa shape index (κ2) is 12.8. The van der Waals surface area contributed by atoms with Gasteiger partial charge in [-0.15, -0.1) is 0 Å². The molecule has 2 aromatic carbocycles. The molecular formula is C27H37N3O6S. The summed E-state index contributed by atoms with van der Waals surface area (Å²) in [4.78, 5) is 28.6. The average molecular weight is 532 g/mol. The van der Waals surface area contributed by atoms with Crippen LogP contribution in [-0.2, 0) is 26.2 Å². The summed E-state index contributed by atoms with van der Waals surface area (Å²) in [6.07, 6.45) is 5.42. The van der Waals surface area contributed by atoms with Crippen LogP contribution in [0.3, 0.4) is 0 Å². The SMILES string of the molecule is CC[C@H](C(=O)NC1CCCC1)N(Cc1cccc(OC)c1)C(=O)CN(c1ccc(OC)cc1)S(C)(=O)=O. The molecule has 1 aliphatic carbocycles. The van der Waals surface area contributed by atoms with E-state index in [1.807, 2.05) is 19.1 Å². The lowest BCUT2D eigenvalue weighted by molar-refractivity contribution is -0.140. The van der Waals surface area contributed by atoms with E-state index in [-0.39, 0.29) is 18.5 Å². The largest absolute Gasteiger partial charge is 0.497 e. The van der Waals surface area contributed by atoms with E-state index in [0.29, 0.717) is 23.6 Å². The number of carbonyl (C=O) groups is 2. The Balaban J connectivity index is 1.92. The molecule has 37 heavy (non-hydrogen) atoms. The molecule has 0 bridgehead atoms. The van der Waals surface area contributed by atoms with E-state index in [2.05, 4.69) is 5.32 Å². The summed E-state index contributed by atoms with van der Waals surface area (Å²) in [5, 5.41) is 3.10. The Morgan fingerprint density at radius 1 is 1.03 bits per heavy atom. The number of hydrogen-bond donors (Lipinski definition) is 1. The second-order valence-corrected chi connectivity index (χ2v) is 11.2. The average Bonchev–Trinajstić information content (AvgIpc) is 3.39. The molecule has 3 rings (SSSR count). The number of hydrogen-bond acceptors (Lipinski definition) is 6. The zero-order valence-corrected chi connectivity index (χ0v) is 22.8. The van der Waals surface area contributed by atoms with Crippen molar-refractivity contribution in [2.24, 2.45) is 0 Å².